The van der Waals surface area contributed by atoms with Gasteiger partial charge in [-0.05, 0) is 26.0 Å². The quantitative estimate of drug-likeness (QED) is 0.721. The van der Waals surface area contributed by atoms with Gasteiger partial charge in [0.25, 0.3) is 0 Å². The van der Waals surface area contributed by atoms with Gasteiger partial charge in [-0.15, -0.1) is 11.6 Å². The van der Waals surface area contributed by atoms with Gasteiger partial charge < -0.3 is 0 Å². The second-order valence-electron chi connectivity index (χ2n) is 3.13. The molecular weight excluding hydrogens is 210 g/mol. The molecule has 15 heavy (non-hydrogen) atoms. The van der Waals surface area contributed by atoms with Crippen LogP contribution in [0.2, 0.25) is 0 Å². The van der Waals surface area contributed by atoms with E-state index < -0.39 is 0 Å². The predicted molar refractivity (Wildman–Crippen MR) is 64.1 cm³/mol. The van der Waals surface area contributed by atoms with E-state index in [0.717, 1.165) is 11.4 Å². The topological polar surface area (TPSA) is 20.3 Å². The lowest BCUT2D eigenvalue weighted by Gasteiger charge is -2.22. The summed E-state index contributed by atoms with van der Waals surface area (Å²) in [5.41, 5.74) is 1.73. The molecule has 0 radical (unpaired) electrons. The Balaban J connectivity index is 3.08. The van der Waals surface area contributed by atoms with Crippen molar-refractivity contribution in [1.82, 2.24) is 0 Å². The fourth-order valence-corrected chi connectivity index (χ4v) is 1.43. The Labute approximate surface area is 95.2 Å². The highest BCUT2D eigenvalue weighted by Gasteiger charge is 2.15. The van der Waals surface area contributed by atoms with Crippen LogP contribution in [-0.2, 0) is 4.79 Å². The summed E-state index contributed by atoms with van der Waals surface area (Å²) >= 11 is 5.58. The van der Waals surface area contributed by atoms with Crippen molar-refractivity contribution in [3.63, 3.8) is 0 Å². The molecule has 0 aromatic heterocycles. The summed E-state index contributed by atoms with van der Waals surface area (Å²) in [5.74, 6) is -0.126. The summed E-state index contributed by atoms with van der Waals surface area (Å²) in [7, 11) is 0. The third-order valence-corrected chi connectivity index (χ3v) is 2.38. The number of hydrogen-bond donors (Lipinski definition) is 0. The summed E-state index contributed by atoms with van der Waals surface area (Å²) in [4.78, 5) is 13.3. The number of halogens is 1. The highest BCUT2D eigenvalue weighted by atomic mass is 35.5. The minimum Gasteiger partial charge on any atom is -0.284 e. The Morgan fingerprint density at radius 1 is 1.40 bits per heavy atom. The van der Waals surface area contributed by atoms with E-state index in [0.29, 0.717) is 0 Å². The number of rotatable bonds is 3. The number of amides is 1. The lowest BCUT2D eigenvalue weighted by molar-refractivity contribution is -0.115. The second kappa shape index (κ2) is 5.56. The van der Waals surface area contributed by atoms with Crippen LogP contribution in [0.5, 0.6) is 0 Å². The lowest BCUT2D eigenvalue weighted by atomic mass is 10.2. The van der Waals surface area contributed by atoms with Gasteiger partial charge in [-0.1, -0.05) is 24.3 Å². The molecule has 0 aliphatic carbocycles. The average molecular weight is 224 g/mol. The number of hydrogen-bond acceptors (Lipinski definition) is 1. The zero-order valence-corrected chi connectivity index (χ0v) is 9.66. The van der Waals surface area contributed by atoms with Gasteiger partial charge in [0.2, 0.25) is 5.91 Å². The van der Waals surface area contributed by atoms with Gasteiger partial charge in [0.1, 0.15) is 5.88 Å². The molecule has 3 heteroatoms. The van der Waals surface area contributed by atoms with Crippen molar-refractivity contribution in [2.75, 3.05) is 10.8 Å². The largest absolute Gasteiger partial charge is 0.284 e. The third-order valence-electron chi connectivity index (χ3n) is 2.15. The predicted octanol–water partition coefficient (Wildman–Crippen LogP) is 3.18. The number of para-hydroxylation sites is 1. The summed E-state index contributed by atoms with van der Waals surface area (Å²) in [6.45, 7) is 3.78. The molecule has 80 valence electrons. The number of nitrogens with zero attached hydrogens (tertiary/aromatic N) is 1. The SMILES string of the molecule is CC=C(C)N(C(=O)CCl)c1ccccc1. The number of carbonyl (C=O) groups is 1. The third kappa shape index (κ3) is 2.83. The standard InChI is InChI=1S/C12H14ClNO/c1-3-10(2)14(12(15)9-13)11-7-5-4-6-8-11/h3-8H,9H2,1-2H3. The van der Waals surface area contributed by atoms with E-state index in [1.54, 1.807) is 4.90 Å². The maximum absolute atomic E-state index is 11.7. The minimum atomic E-state index is -0.113. The van der Waals surface area contributed by atoms with Crippen LogP contribution in [0.15, 0.2) is 42.1 Å². The minimum absolute atomic E-state index is 0.0138. The van der Waals surface area contributed by atoms with Crippen molar-refractivity contribution >= 4 is 23.2 Å². The van der Waals surface area contributed by atoms with Crippen LogP contribution in [0, 0.1) is 0 Å². The van der Waals surface area contributed by atoms with Gasteiger partial charge in [0.05, 0.1) is 0 Å². The molecule has 0 heterocycles. The molecule has 0 saturated carbocycles. The fraction of sp³-hybridized carbons (Fsp3) is 0.250. The molecule has 1 amide bonds. The molecular formula is C12H14ClNO. The van der Waals surface area contributed by atoms with Crippen LogP contribution in [0.25, 0.3) is 0 Å². The van der Waals surface area contributed by atoms with Gasteiger partial charge in [-0.25, -0.2) is 0 Å². The Bertz CT molecular complexity index is 359. The smallest absolute Gasteiger partial charge is 0.246 e. The van der Waals surface area contributed by atoms with E-state index >= 15 is 0 Å². The van der Waals surface area contributed by atoms with E-state index in [1.165, 1.54) is 0 Å². The molecule has 1 aromatic carbocycles. The van der Waals surface area contributed by atoms with Crippen LogP contribution in [0.3, 0.4) is 0 Å². The Hall–Kier alpha value is -1.28. The van der Waals surface area contributed by atoms with Gasteiger partial charge in [0.15, 0.2) is 0 Å². The molecule has 0 unspecified atom stereocenters. The van der Waals surface area contributed by atoms with Gasteiger partial charge in [0, 0.05) is 11.4 Å². The molecule has 0 atom stereocenters. The molecule has 2 nitrogen and oxygen atoms in total. The first-order chi connectivity index (χ1) is 7.20. The number of allylic oxidation sites excluding steroid dienone is 2. The van der Waals surface area contributed by atoms with Crippen LogP contribution in [0.1, 0.15) is 13.8 Å². The van der Waals surface area contributed by atoms with Crippen LogP contribution >= 0.6 is 11.6 Å². The lowest BCUT2D eigenvalue weighted by Crippen LogP contribution is -2.29. The van der Waals surface area contributed by atoms with Crippen molar-refractivity contribution in [2.45, 2.75) is 13.8 Å². The maximum atomic E-state index is 11.7. The summed E-state index contributed by atoms with van der Waals surface area (Å²) in [6, 6.07) is 9.48. The number of benzene rings is 1. The summed E-state index contributed by atoms with van der Waals surface area (Å²) < 4.78 is 0. The molecule has 1 aromatic rings. The van der Waals surface area contributed by atoms with Gasteiger partial charge in [-0.3, -0.25) is 9.69 Å². The van der Waals surface area contributed by atoms with Crippen molar-refractivity contribution in [3.8, 4) is 0 Å². The zero-order valence-electron chi connectivity index (χ0n) is 8.90. The van der Waals surface area contributed by atoms with E-state index in [2.05, 4.69) is 0 Å². The van der Waals surface area contributed by atoms with Gasteiger partial charge in [-0.2, -0.15) is 0 Å². The van der Waals surface area contributed by atoms with E-state index in [1.807, 2.05) is 50.3 Å². The van der Waals surface area contributed by atoms with E-state index in [9.17, 15) is 4.79 Å². The average Bonchev–Trinajstić information content (AvgIpc) is 2.30. The number of alkyl halides is 1. The van der Waals surface area contributed by atoms with Crippen molar-refractivity contribution < 1.29 is 4.79 Å². The van der Waals surface area contributed by atoms with Crippen molar-refractivity contribution in [2.24, 2.45) is 0 Å². The molecule has 0 saturated heterocycles. The Morgan fingerprint density at radius 3 is 2.47 bits per heavy atom. The fourth-order valence-electron chi connectivity index (χ4n) is 1.31. The van der Waals surface area contributed by atoms with Crippen LogP contribution < -0.4 is 4.90 Å². The molecule has 0 bridgehead atoms. The van der Waals surface area contributed by atoms with E-state index in [-0.39, 0.29) is 11.8 Å². The van der Waals surface area contributed by atoms with Gasteiger partial charge >= 0.3 is 0 Å². The highest BCUT2D eigenvalue weighted by molar-refractivity contribution is 6.29. The number of carbonyl (C=O) groups excluding carboxylic acids is 1. The first kappa shape index (κ1) is 11.8. The Kier molecular flexibility index (Phi) is 4.37. The monoisotopic (exact) mass is 223 g/mol. The normalized spacial score (nSPS) is 11.3. The zero-order chi connectivity index (χ0) is 11.3. The summed E-state index contributed by atoms with van der Waals surface area (Å²) in [5, 5.41) is 0. The van der Waals surface area contributed by atoms with Crippen molar-refractivity contribution in [1.29, 1.82) is 0 Å². The highest BCUT2D eigenvalue weighted by Crippen LogP contribution is 2.19. The second-order valence-corrected chi connectivity index (χ2v) is 3.40. The molecule has 0 spiro atoms. The molecule has 0 aliphatic heterocycles. The number of anilines is 1. The summed E-state index contributed by atoms with van der Waals surface area (Å²) in [6.07, 6.45) is 1.89. The van der Waals surface area contributed by atoms with Crippen LogP contribution in [0.4, 0.5) is 5.69 Å². The maximum Gasteiger partial charge on any atom is 0.246 e. The Morgan fingerprint density at radius 2 is 2.00 bits per heavy atom. The molecule has 1 rings (SSSR count). The van der Waals surface area contributed by atoms with Crippen LogP contribution in [-0.4, -0.2) is 11.8 Å². The first-order valence-corrected chi connectivity index (χ1v) is 5.31. The van der Waals surface area contributed by atoms with Crippen molar-refractivity contribution in [3.05, 3.63) is 42.1 Å². The molecule has 0 fully saturated rings. The van der Waals surface area contributed by atoms with E-state index in [4.69, 9.17) is 11.6 Å². The molecule has 0 aliphatic rings. The first-order valence-electron chi connectivity index (χ1n) is 4.77. The molecule has 0 N–H and O–H groups in total.